The normalized spacial score (nSPS) is 10.2. The van der Waals surface area contributed by atoms with Gasteiger partial charge in [-0.05, 0) is 51.1 Å². The van der Waals surface area contributed by atoms with Crippen LogP contribution in [0.15, 0.2) is 30.3 Å². The van der Waals surface area contributed by atoms with Crippen molar-refractivity contribution in [3.63, 3.8) is 0 Å². The molecule has 2 aromatic rings. The van der Waals surface area contributed by atoms with E-state index in [0.717, 1.165) is 0 Å². The van der Waals surface area contributed by atoms with Gasteiger partial charge in [0.25, 0.3) is 11.8 Å². The quantitative estimate of drug-likeness (QED) is 0.583. The molecule has 9 heteroatoms. The number of methoxy groups -OCH3 is 1. The van der Waals surface area contributed by atoms with Crippen LogP contribution in [0.4, 0.5) is 0 Å². The highest BCUT2D eigenvalue weighted by molar-refractivity contribution is 6.31. The van der Waals surface area contributed by atoms with Crippen LogP contribution in [-0.2, 0) is 0 Å². The molecular weight excluding hydrogens is 412 g/mol. The number of rotatable bonds is 9. The monoisotopic (exact) mass is 436 g/mol. The van der Waals surface area contributed by atoms with E-state index in [1.807, 2.05) is 20.8 Å². The third-order valence-corrected chi connectivity index (χ3v) is 4.10. The van der Waals surface area contributed by atoms with E-state index in [1.165, 1.54) is 25.3 Å². The molecule has 0 saturated heterocycles. The highest BCUT2D eigenvalue weighted by Crippen LogP contribution is 2.39. The summed E-state index contributed by atoms with van der Waals surface area (Å²) in [6.07, 6.45) is 0. The lowest BCUT2D eigenvalue weighted by Gasteiger charge is -2.17. The van der Waals surface area contributed by atoms with Crippen LogP contribution in [0.3, 0.4) is 0 Å². The zero-order chi connectivity index (χ0) is 22.1. The van der Waals surface area contributed by atoms with Gasteiger partial charge < -0.3 is 18.9 Å². The number of ether oxygens (including phenoxy) is 4. The molecule has 2 amide bonds. The minimum absolute atomic E-state index is 0.182. The minimum atomic E-state index is -0.580. The molecule has 0 saturated carbocycles. The number of amides is 2. The molecular formula is C21H25ClN2O6. The lowest BCUT2D eigenvalue weighted by Crippen LogP contribution is -2.41. The molecule has 0 heterocycles. The van der Waals surface area contributed by atoms with E-state index in [2.05, 4.69) is 10.9 Å². The van der Waals surface area contributed by atoms with E-state index in [4.69, 9.17) is 30.5 Å². The van der Waals surface area contributed by atoms with E-state index in [0.29, 0.717) is 47.8 Å². The molecule has 0 aliphatic heterocycles. The summed E-state index contributed by atoms with van der Waals surface area (Å²) in [6, 6.07) is 7.66. The summed E-state index contributed by atoms with van der Waals surface area (Å²) in [6.45, 7) is 6.64. The molecule has 0 aliphatic rings. The van der Waals surface area contributed by atoms with Gasteiger partial charge in [-0.2, -0.15) is 0 Å². The predicted octanol–water partition coefficient (Wildman–Crippen LogP) is 3.62. The SMILES string of the molecule is CCOc1cc(C(=O)NNC(=O)c2cc(Cl)ccc2OC)cc(OCC)c1OCC. The van der Waals surface area contributed by atoms with Gasteiger partial charge in [0.05, 0.1) is 32.5 Å². The van der Waals surface area contributed by atoms with E-state index >= 15 is 0 Å². The van der Waals surface area contributed by atoms with Gasteiger partial charge in [0.2, 0.25) is 5.75 Å². The van der Waals surface area contributed by atoms with Gasteiger partial charge in [0.1, 0.15) is 5.75 Å². The van der Waals surface area contributed by atoms with Crippen LogP contribution in [0.25, 0.3) is 0 Å². The molecule has 0 radical (unpaired) electrons. The summed E-state index contributed by atoms with van der Waals surface area (Å²) in [5.74, 6) is 0.351. The van der Waals surface area contributed by atoms with Gasteiger partial charge in [-0.3, -0.25) is 20.4 Å². The first-order chi connectivity index (χ1) is 14.4. The number of hydrazine groups is 1. The fourth-order valence-electron chi connectivity index (χ4n) is 2.63. The Morgan fingerprint density at radius 1 is 0.833 bits per heavy atom. The van der Waals surface area contributed by atoms with Crippen LogP contribution in [0.5, 0.6) is 23.0 Å². The summed E-state index contributed by atoms with van der Waals surface area (Å²) in [5.41, 5.74) is 5.13. The number of carbonyl (C=O) groups excluding carboxylic acids is 2. The van der Waals surface area contributed by atoms with Crippen molar-refractivity contribution in [2.75, 3.05) is 26.9 Å². The van der Waals surface area contributed by atoms with Crippen molar-refractivity contribution in [2.24, 2.45) is 0 Å². The second kappa shape index (κ2) is 11.2. The predicted molar refractivity (Wildman–Crippen MR) is 113 cm³/mol. The summed E-state index contributed by atoms with van der Waals surface area (Å²) in [4.78, 5) is 25.1. The number of halogens is 1. The average Bonchev–Trinajstić information content (AvgIpc) is 2.74. The maximum Gasteiger partial charge on any atom is 0.273 e. The van der Waals surface area contributed by atoms with Gasteiger partial charge in [0.15, 0.2) is 11.5 Å². The second-order valence-corrected chi connectivity index (χ2v) is 6.29. The molecule has 0 bridgehead atoms. The molecule has 30 heavy (non-hydrogen) atoms. The third kappa shape index (κ3) is 5.70. The maximum atomic E-state index is 12.6. The first kappa shape index (κ1) is 23.2. The van der Waals surface area contributed by atoms with Crippen molar-refractivity contribution < 1.29 is 28.5 Å². The lowest BCUT2D eigenvalue weighted by molar-refractivity contribution is 0.0844. The van der Waals surface area contributed by atoms with Gasteiger partial charge in [0, 0.05) is 10.6 Å². The number of carbonyl (C=O) groups is 2. The van der Waals surface area contributed by atoms with Crippen molar-refractivity contribution in [1.29, 1.82) is 0 Å². The largest absolute Gasteiger partial charge is 0.496 e. The molecule has 0 spiro atoms. The number of nitrogens with one attached hydrogen (secondary N) is 2. The van der Waals surface area contributed by atoms with Gasteiger partial charge in [-0.15, -0.1) is 0 Å². The molecule has 8 nitrogen and oxygen atoms in total. The first-order valence-electron chi connectivity index (χ1n) is 9.45. The van der Waals surface area contributed by atoms with E-state index in [-0.39, 0.29) is 11.1 Å². The molecule has 0 unspecified atom stereocenters. The molecule has 2 N–H and O–H groups in total. The number of hydrogen-bond donors (Lipinski definition) is 2. The molecule has 0 aliphatic carbocycles. The van der Waals surface area contributed by atoms with Crippen LogP contribution in [0.1, 0.15) is 41.5 Å². The number of hydrogen-bond acceptors (Lipinski definition) is 6. The summed E-state index contributed by atoms with van der Waals surface area (Å²) >= 11 is 5.95. The minimum Gasteiger partial charge on any atom is -0.496 e. The molecule has 2 aromatic carbocycles. The highest BCUT2D eigenvalue weighted by Gasteiger charge is 2.19. The van der Waals surface area contributed by atoms with E-state index in [1.54, 1.807) is 12.1 Å². The summed E-state index contributed by atoms with van der Waals surface area (Å²) < 4.78 is 22.0. The van der Waals surface area contributed by atoms with Crippen molar-refractivity contribution >= 4 is 23.4 Å². The van der Waals surface area contributed by atoms with Crippen LogP contribution < -0.4 is 29.8 Å². The second-order valence-electron chi connectivity index (χ2n) is 5.85. The topological polar surface area (TPSA) is 95.1 Å². The van der Waals surface area contributed by atoms with Crippen molar-refractivity contribution in [2.45, 2.75) is 20.8 Å². The van der Waals surface area contributed by atoms with Crippen LogP contribution in [0, 0.1) is 0 Å². The highest BCUT2D eigenvalue weighted by atomic mass is 35.5. The van der Waals surface area contributed by atoms with Gasteiger partial charge in [-0.1, -0.05) is 11.6 Å². The Balaban J connectivity index is 2.24. The Morgan fingerprint density at radius 3 is 1.93 bits per heavy atom. The molecule has 0 atom stereocenters. The van der Waals surface area contributed by atoms with Gasteiger partial charge in [-0.25, -0.2) is 0 Å². The van der Waals surface area contributed by atoms with Crippen molar-refractivity contribution in [1.82, 2.24) is 10.9 Å². The molecule has 0 aromatic heterocycles. The third-order valence-electron chi connectivity index (χ3n) is 3.87. The zero-order valence-electron chi connectivity index (χ0n) is 17.3. The zero-order valence-corrected chi connectivity index (χ0v) is 18.1. The number of benzene rings is 2. The standard InChI is InChI=1S/C21H25ClN2O6/c1-5-28-17-10-13(11-18(29-6-2)19(17)30-7-3)20(25)23-24-21(26)15-12-14(22)8-9-16(15)27-4/h8-12H,5-7H2,1-4H3,(H,23,25)(H,24,26). The van der Waals surface area contributed by atoms with Crippen LogP contribution in [0.2, 0.25) is 5.02 Å². The average molecular weight is 437 g/mol. The first-order valence-corrected chi connectivity index (χ1v) is 9.83. The van der Waals surface area contributed by atoms with Crippen LogP contribution >= 0.6 is 11.6 Å². The Kier molecular flexibility index (Phi) is 8.61. The molecule has 2 rings (SSSR count). The Hall–Kier alpha value is -3.13. The Labute approximate surface area is 180 Å². The molecule has 0 fully saturated rings. The maximum absolute atomic E-state index is 12.6. The van der Waals surface area contributed by atoms with E-state index in [9.17, 15) is 9.59 Å². The molecule has 162 valence electrons. The summed E-state index contributed by atoms with van der Waals surface area (Å²) in [5, 5.41) is 0.363. The van der Waals surface area contributed by atoms with Crippen LogP contribution in [-0.4, -0.2) is 38.7 Å². The van der Waals surface area contributed by atoms with Gasteiger partial charge >= 0.3 is 0 Å². The van der Waals surface area contributed by atoms with Crippen molar-refractivity contribution in [3.05, 3.63) is 46.5 Å². The Morgan fingerprint density at radius 2 is 1.40 bits per heavy atom. The summed E-state index contributed by atoms with van der Waals surface area (Å²) in [7, 11) is 1.43. The fraction of sp³-hybridized carbons (Fsp3) is 0.333. The smallest absolute Gasteiger partial charge is 0.273 e. The van der Waals surface area contributed by atoms with Crippen molar-refractivity contribution in [3.8, 4) is 23.0 Å². The Bertz CT molecular complexity index is 876. The lowest BCUT2D eigenvalue weighted by atomic mass is 10.1. The fourth-order valence-corrected chi connectivity index (χ4v) is 2.80. The van der Waals surface area contributed by atoms with E-state index < -0.39 is 11.8 Å².